The number of rotatable bonds is 3. The van der Waals surface area contributed by atoms with E-state index in [1.165, 1.54) is 30.0 Å². The van der Waals surface area contributed by atoms with Crippen LogP contribution in [-0.2, 0) is 11.3 Å². The highest BCUT2D eigenvalue weighted by atomic mass is 19.1. The van der Waals surface area contributed by atoms with Gasteiger partial charge in [-0.2, -0.15) is 0 Å². The maximum absolute atomic E-state index is 13.0. The Kier molecular flexibility index (Phi) is 2.87. The molecular formula is C11H11FN2O2. The molecule has 0 aliphatic rings. The zero-order valence-electron chi connectivity index (χ0n) is 8.74. The number of nitrogens with one attached hydrogen (secondary N) is 1. The van der Waals surface area contributed by atoms with Gasteiger partial charge in [0.25, 0.3) is 5.56 Å². The Labute approximate surface area is 91.3 Å². The second-order valence-corrected chi connectivity index (χ2v) is 3.37. The molecule has 1 N–H and O–H groups in total. The maximum atomic E-state index is 13.0. The van der Waals surface area contributed by atoms with Crippen LogP contribution in [-0.4, -0.2) is 16.9 Å². The van der Waals surface area contributed by atoms with E-state index in [0.29, 0.717) is 18.0 Å². The third-order valence-electron chi connectivity index (χ3n) is 2.14. The first kappa shape index (κ1) is 10.6. The average molecular weight is 222 g/mol. The van der Waals surface area contributed by atoms with Gasteiger partial charge in [-0.05, 0) is 18.2 Å². The molecule has 1 aromatic carbocycles. The Morgan fingerprint density at radius 1 is 1.44 bits per heavy atom. The van der Waals surface area contributed by atoms with Crippen molar-refractivity contribution in [2.75, 3.05) is 7.11 Å². The number of ether oxygens (including phenoxy) is 1. The number of hydrogen-bond acceptors (Lipinski definition) is 2. The van der Waals surface area contributed by atoms with Crippen LogP contribution in [0.3, 0.4) is 0 Å². The summed E-state index contributed by atoms with van der Waals surface area (Å²) in [6.45, 7) is 0.317. The zero-order chi connectivity index (χ0) is 11.5. The van der Waals surface area contributed by atoms with Crippen LogP contribution in [0.1, 0.15) is 5.69 Å². The lowest BCUT2D eigenvalue weighted by Crippen LogP contribution is -2.13. The summed E-state index contributed by atoms with van der Waals surface area (Å²) in [6, 6.07) is 7.24. The molecule has 0 radical (unpaired) electrons. The molecule has 0 aliphatic heterocycles. The Balaban J connectivity index is 2.44. The number of hydrogen-bond donors (Lipinski definition) is 1. The molecule has 1 heterocycles. The fraction of sp³-hybridized carbons (Fsp3) is 0.182. The van der Waals surface area contributed by atoms with Gasteiger partial charge in [0.05, 0.1) is 18.0 Å². The number of aromatic amines is 1. The second-order valence-electron chi connectivity index (χ2n) is 3.37. The van der Waals surface area contributed by atoms with Crippen molar-refractivity contribution in [3.8, 4) is 5.69 Å². The van der Waals surface area contributed by atoms with Gasteiger partial charge >= 0.3 is 0 Å². The molecule has 0 bridgehead atoms. The van der Waals surface area contributed by atoms with E-state index in [9.17, 15) is 9.18 Å². The summed E-state index contributed by atoms with van der Waals surface area (Å²) in [5.41, 5.74) is 0.877. The minimum atomic E-state index is -0.382. The first-order valence-electron chi connectivity index (χ1n) is 4.76. The molecule has 0 aliphatic carbocycles. The zero-order valence-corrected chi connectivity index (χ0v) is 8.74. The Morgan fingerprint density at radius 3 is 2.94 bits per heavy atom. The predicted octanol–water partition coefficient (Wildman–Crippen LogP) is 1.45. The largest absolute Gasteiger partial charge is 0.378 e. The predicted molar refractivity (Wildman–Crippen MR) is 57.1 cm³/mol. The maximum Gasteiger partial charge on any atom is 0.271 e. The van der Waals surface area contributed by atoms with Gasteiger partial charge in [0.2, 0.25) is 0 Å². The van der Waals surface area contributed by atoms with Gasteiger partial charge in [0.1, 0.15) is 5.82 Å². The summed E-state index contributed by atoms with van der Waals surface area (Å²) >= 11 is 0. The third-order valence-corrected chi connectivity index (χ3v) is 2.14. The van der Waals surface area contributed by atoms with Gasteiger partial charge in [-0.15, -0.1) is 0 Å². The summed E-state index contributed by atoms with van der Waals surface area (Å²) in [7, 11) is 1.54. The highest BCUT2D eigenvalue weighted by Gasteiger charge is 2.05. The smallest absolute Gasteiger partial charge is 0.271 e. The summed E-state index contributed by atoms with van der Waals surface area (Å²) < 4.78 is 19.2. The van der Waals surface area contributed by atoms with Crippen LogP contribution in [0.15, 0.2) is 35.1 Å². The molecule has 0 fully saturated rings. The van der Waals surface area contributed by atoms with Gasteiger partial charge < -0.3 is 4.74 Å². The molecule has 4 nitrogen and oxygen atoms in total. The summed E-state index contributed by atoms with van der Waals surface area (Å²) in [4.78, 5) is 11.6. The lowest BCUT2D eigenvalue weighted by Gasteiger charge is -2.01. The summed E-state index contributed by atoms with van der Waals surface area (Å²) in [5, 5.41) is 2.84. The lowest BCUT2D eigenvalue weighted by molar-refractivity contribution is 0.181. The van der Waals surface area contributed by atoms with Gasteiger partial charge in [-0.1, -0.05) is 6.07 Å². The molecule has 1 aromatic heterocycles. The molecule has 0 saturated heterocycles. The van der Waals surface area contributed by atoms with Gasteiger partial charge in [0.15, 0.2) is 0 Å². The first-order chi connectivity index (χ1) is 7.70. The van der Waals surface area contributed by atoms with Crippen molar-refractivity contribution in [2.45, 2.75) is 6.61 Å². The van der Waals surface area contributed by atoms with Crippen LogP contribution < -0.4 is 5.56 Å². The number of benzene rings is 1. The standard InChI is InChI=1S/C11H11FN2O2/c1-16-7-9-6-11(15)14(13-9)10-4-2-3-8(12)5-10/h2-6,13H,7H2,1H3. The molecule has 5 heteroatoms. The van der Waals surface area contributed by atoms with E-state index < -0.39 is 0 Å². The number of methoxy groups -OCH3 is 1. The molecule has 16 heavy (non-hydrogen) atoms. The van der Waals surface area contributed by atoms with Crippen molar-refractivity contribution in [1.29, 1.82) is 0 Å². The fourth-order valence-electron chi connectivity index (χ4n) is 1.48. The molecule has 2 rings (SSSR count). The van der Waals surface area contributed by atoms with Crippen molar-refractivity contribution >= 4 is 0 Å². The van der Waals surface area contributed by atoms with Crippen LogP contribution in [0.25, 0.3) is 5.69 Å². The monoisotopic (exact) mass is 222 g/mol. The van der Waals surface area contributed by atoms with Gasteiger partial charge in [-0.3, -0.25) is 9.89 Å². The number of nitrogens with zero attached hydrogens (tertiary/aromatic N) is 1. The van der Waals surface area contributed by atoms with E-state index in [-0.39, 0.29) is 11.4 Å². The second kappa shape index (κ2) is 4.32. The van der Waals surface area contributed by atoms with E-state index in [1.807, 2.05) is 0 Å². The number of halogens is 1. The SMILES string of the molecule is COCc1cc(=O)n(-c2cccc(F)c2)[nH]1. The summed E-state index contributed by atoms with van der Waals surface area (Å²) in [6.07, 6.45) is 0. The van der Waals surface area contributed by atoms with E-state index in [1.54, 1.807) is 12.1 Å². The van der Waals surface area contributed by atoms with Crippen molar-refractivity contribution in [2.24, 2.45) is 0 Å². The topological polar surface area (TPSA) is 47.0 Å². The fourth-order valence-corrected chi connectivity index (χ4v) is 1.48. The Hall–Kier alpha value is -1.88. The van der Waals surface area contributed by atoms with E-state index >= 15 is 0 Å². The van der Waals surface area contributed by atoms with Crippen LogP contribution in [0.5, 0.6) is 0 Å². The lowest BCUT2D eigenvalue weighted by atomic mass is 10.3. The highest BCUT2D eigenvalue weighted by molar-refractivity contribution is 5.31. The normalized spacial score (nSPS) is 10.6. The minimum absolute atomic E-state index is 0.238. The molecule has 0 atom stereocenters. The van der Waals surface area contributed by atoms with Gasteiger partial charge in [-0.25, -0.2) is 9.07 Å². The molecule has 0 unspecified atom stereocenters. The van der Waals surface area contributed by atoms with E-state index in [4.69, 9.17) is 4.74 Å². The van der Waals surface area contributed by atoms with Crippen molar-refractivity contribution in [3.63, 3.8) is 0 Å². The minimum Gasteiger partial charge on any atom is -0.378 e. The van der Waals surface area contributed by atoms with Crippen LogP contribution in [0.2, 0.25) is 0 Å². The highest BCUT2D eigenvalue weighted by Crippen LogP contribution is 2.07. The molecule has 84 valence electrons. The first-order valence-corrected chi connectivity index (χ1v) is 4.76. The van der Waals surface area contributed by atoms with Crippen LogP contribution in [0.4, 0.5) is 4.39 Å². The van der Waals surface area contributed by atoms with Crippen molar-refractivity contribution in [3.05, 3.63) is 52.2 Å². The quantitative estimate of drug-likeness (QED) is 0.854. The van der Waals surface area contributed by atoms with Crippen LogP contribution in [0, 0.1) is 5.82 Å². The molecular weight excluding hydrogens is 211 g/mol. The average Bonchev–Trinajstić information content (AvgIpc) is 2.60. The molecule has 0 spiro atoms. The van der Waals surface area contributed by atoms with Crippen LogP contribution >= 0.6 is 0 Å². The number of aromatic nitrogens is 2. The molecule has 0 amide bonds. The summed E-state index contributed by atoms with van der Waals surface area (Å²) in [5.74, 6) is -0.382. The van der Waals surface area contributed by atoms with E-state index in [0.717, 1.165) is 0 Å². The van der Waals surface area contributed by atoms with Crippen molar-refractivity contribution < 1.29 is 9.13 Å². The molecule has 0 saturated carbocycles. The van der Waals surface area contributed by atoms with Gasteiger partial charge in [0, 0.05) is 13.2 Å². The number of H-pyrrole nitrogens is 1. The Bertz CT molecular complexity index is 545. The van der Waals surface area contributed by atoms with Crippen molar-refractivity contribution in [1.82, 2.24) is 9.78 Å². The third kappa shape index (κ3) is 2.04. The van der Waals surface area contributed by atoms with E-state index in [2.05, 4.69) is 5.10 Å². The Morgan fingerprint density at radius 2 is 2.25 bits per heavy atom. The molecule has 2 aromatic rings.